The Hall–Kier alpha value is -2.45. The summed E-state index contributed by atoms with van der Waals surface area (Å²) in [5.41, 5.74) is 7.73. The van der Waals surface area contributed by atoms with Gasteiger partial charge in [-0.1, -0.05) is 12.8 Å². The van der Waals surface area contributed by atoms with Crippen LogP contribution in [0, 0.1) is 6.92 Å². The first-order chi connectivity index (χ1) is 12.3. The van der Waals surface area contributed by atoms with Crippen molar-refractivity contribution in [1.82, 2.24) is 4.72 Å². The van der Waals surface area contributed by atoms with Crippen molar-refractivity contribution in [3.63, 3.8) is 0 Å². The first kappa shape index (κ1) is 18.3. The summed E-state index contributed by atoms with van der Waals surface area (Å²) in [6.07, 6.45) is 3.90. The van der Waals surface area contributed by atoms with Crippen molar-refractivity contribution in [3.8, 4) is 5.75 Å². The van der Waals surface area contributed by atoms with Crippen LogP contribution in [0.5, 0.6) is 5.75 Å². The molecule has 4 N–H and O–H groups in total. The number of nitrogens with two attached hydrogens (primary N) is 1. The summed E-state index contributed by atoms with van der Waals surface area (Å²) in [5, 5.41) is 17.8. The predicted molar refractivity (Wildman–Crippen MR) is 100 cm³/mol. The largest absolute Gasteiger partial charge is 0.508 e. The zero-order chi connectivity index (χ0) is 18.7. The Morgan fingerprint density at radius 2 is 1.77 bits per heavy atom. The van der Waals surface area contributed by atoms with Gasteiger partial charge < -0.3 is 10.8 Å². The highest BCUT2D eigenvalue weighted by Gasteiger charge is 2.22. The van der Waals surface area contributed by atoms with Crippen molar-refractivity contribution in [2.24, 2.45) is 10.2 Å². The molecule has 2 aromatic rings. The average molecular weight is 374 g/mol. The van der Waals surface area contributed by atoms with Gasteiger partial charge in [0.2, 0.25) is 10.0 Å². The molecule has 0 aliphatic heterocycles. The number of rotatable bonds is 5. The van der Waals surface area contributed by atoms with Gasteiger partial charge in [-0.05, 0) is 55.7 Å². The van der Waals surface area contributed by atoms with Gasteiger partial charge >= 0.3 is 0 Å². The van der Waals surface area contributed by atoms with Crippen LogP contribution in [0.25, 0.3) is 0 Å². The van der Waals surface area contributed by atoms with E-state index in [1.807, 2.05) is 0 Å². The molecule has 7 nitrogen and oxygen atoms in total. The zero-order valence-electron chi connectivity index (χ0n) is 14.5. The van der Waals surface area contributed by atoms with Crippen LogP contribution in [0.3, 0.4) is 0 Å². The third-order valence-corrected chi connectivity index (χ3v) is 5.98. The van der Waals surface area contributed by atoms with Crippen LogP contribution in [0.1, 0.15) is 31.2 Å². The number of hydrogen-bond acceptors (Lipinski definition) is 6. The van der Waals surface area contributed by atoms with Gasteiger partial charge in [-0.15, -0.1) is 5.11 Å². The molecule has 1 saturated carbocycles. The lowest BCUT2D eigenvalue weighted by atomic mass is 10.2. The first-order valence-corrected chi connectivity index (χ1v) is 9.97. The third kappa shape index (κ3) is 4.20. The van der Waals surface area contributed by atoms with Gasteiger partial charge in [0, 0.05) is 12.1 Å². The van der Waals surface area contributed by atoms with E-state index in [0.717, 1.165) is 25.7 Å². The van der Waals surface area contributed by atoms with Crippen LogP contribution in [0.4, 0.5) is 17.1 Å². The average Bonchev–Trinajstić information content (AvgIpc) is 3.09. The number of nitrogen functional groups attached to an aromatic ring is 1. The number of aryl methyl sites for hydroxylation is 1. The fraction of sp³-hybridized carbons (Fsp3) is 0.333. The van der Waals surface area contributed by atoms with Gasteiger partial charge in [0.25, 0.3) is 0 Å². The summed E-state index contributed by atoms with van der Waals surface area (Å²) in [5.74, 6) is 0.103. The molecule has 8 heteroatoms. The number of phenolic OH excluding ortho intramolecular Hbond substituents is 1. The number of aromatic hydroxyl groups is 1. The second-order valence-electron chi connectivity index (χ2n) is 6.49. The van der Waals surface area contributed by atoms with E-state index in [4.69, 9.17) is 5.73 Å². The molecule has 138 valence electrons. The summed E-state index contributed by atoms with van der Waals surface area (Å²) in [6, 6.07) is 9.30. The highest BCUT2D eigenvalue weighted by Crippen LogP contribution is 2.31. The summed E-state index contributed by atoms with van der Waals surface area (Å²) < 4.78 is 27.5. The van der Waals surface area contributed by atoms with Crippen molar-refractivity contribution >= 4 is 27.1 Å². The number of hydrogen-bond donors (Lipinski definition) is 3. The molecule has 1 fully saturated rings. The Bertz CT molecular complexity index is 918. The molecular weight excluding hydrogens is 352 g/mol. The van der Waals surface area contributed by atoms with Crippen molar-refractivity contribution < 1.29 is 13.5 Å². The second-order valence-corrected chi connectivity index (χ2v) is 8.21. The van der Waals surface area contributed by atoms with Crippen LogP contribution in [-0.4, -0.2) is 19.6 Å². The minimum Gasteiger partial charge on any atom is -0.508 e. The molecule has 0 saturated heterocycles. The highest BCUT2D eigenvalue weighted by molar-refractivity contribution is 7.89. The van der Waals surface area contributed by atoms with Gasteiger partial charge in [0.05, 0.1) is 16.3 Å². The molecule has 2 aromatic carbocycles. The minimum absolute atomic E-state index is 0.0278. The van der Waals surface area contributed by atoms with Crippen molar-refractivity contribution in [2.45, 2.75) is 43.5 Å². The summed E-state index contributed by atoms with van der Waals surface area (Å²) in [7, 11) is -3.51. The highest BCUT2D eigenvalue weighted by atomic mass is 32.2. The fourth-order valence-corrected chi connectivity index (χ4v) is 4.22. The Kier molecular flexibility index (Phi) is 5.24. The van der Waals surface area contributed by atoms with Gasteiger partial charge in [0.1, 0.15) is 11.4 Å². The van der Waals surface area contributed by atoms with Crippen LogP contribution < -0.4 is 10.5 Å². The van der Waals surface area contributed by atoms with Gasteiger partial charge in [0.15, 0.2) is 0 Å². The molecule has 0 radical (unpaired) electrons. The maximum absolute atomic E-state index is 12.4. The number of sulfonamides is 1. The molecule has 0 atom stereocenters. The summed E-state index contributed by atoms with van der Waals surface area (Å²) >= 11 is 0. The van der Waals surface area contributed by atoms with E-state index in [2.05, 4.69) is 15.0 Å². The van der Waals surface area contributed by atoms with E-state index in [1.165, 1.54) is 18.2 Å². The van der Waals surface area contributed by atoms with E-state index in [-0.39, 0.29) is 16.7 Å². The Labute approximate surface area is 153 Å². The fourth-order valence-electron chi connectivity index (χ4n) is 2.92. The van der Waals surface area contributed by atoms with Crippen LogP contribution in [0.2, 0.25) is 0 Å². The topological polar surface area (TPSA) is 117 Å². The van der Waals surface area contributed by atoms with Gasteiger partial charge in [-0.25, -0.2) is 13.1 Å². The lowest BCUT2D eigenvalue weighted by molar-refractivity contribution is 0.471. The molecule has 0 unspecified atom stereocenters. The molecule has 0 aromatic heterocycles. The first-order valence-electron chi connectivity index (χ1n) is 8.48. The SMILES string of the molecule is Cc1cc(/N=N/c2ccc(S(=O)(=O)NC3CCCC3)cc2)c(N)cc1O. The zero-order valence-corrected chi connectivity index (χ0v) is 15.3. The van der Waals surface area contributed by atoms with E-state index in [1.54, 1.807) is 25.1 Å². The van der Waals surface area contributed by atoms with Crippen LogP contribution in [0.15, 0.2) is 51.5 Å². The van der Waals surface area contributed by atoms with E-state index in [0.29, 0.717) is 22.6 Å². The van der Waals surface area contributed by atoms with Gasteiger partial charge in [-0.2, -0.15) is 5.11 Å². The summed E-state index contributed by atoms with van der Waals surface area (Å²) in [4.78, 5) is 0.211. The van der Waals surface area contributed by atoms with Gasteiger partial charge in [-0.3, -0.25) is 0 Å². The molecule has 0 spiro atoms. The molecule has 26 heavy (non-hydrogen) atoms. The molecule has 1 aliphatic rings. The Balaban J connectivity index is 1.74. The van der Waals surface area contributed by atoms with Crippen LogP contribution in [-0.2, 0) is 10.0 Å². The maximum Gasteiger partial charge on any atom is 0.240 e. The maximum atomic E-state index is 12.4. The van der Waals surface area contributed by atoms with Crippen LogP contribution >= 0.6 is 0 Å². The quantitative estimate of drug-likeness (QED) is 0.543. The standard InChI is InChI=1S/C18H22N4O3S/c1-12-10-17(16(19)11-18(12)23)21-20-13-6-8-15(9-7-13)26(24,25)22-14-4-2-3-5-14/h6-11,14,22-23H,2-5,19H2,1H3/b21-20+. The molecule has 0 heterocycles. The minimum atomic E-state index is -3.51. The normalized spacial score (nSPS) is 15.7. The van der Waals surface area contributed by atoms with E-state index in [9.17, 15) is 13.5 Å². The van der Waals surface area contributed by atoms with Crippen molar-refractivity contribution in [1.29, 1.82) is 0 Å². The lowest BCUT2D eigenvalue weighted by Crippen LogP contribution is -2.32. The number of azo groups is 1. The van der Waals surface area contributed by atoms with E-state index < -0.39 is 10.0 Å². The number of anilines is 1. The number of phenols is 1. The monoisotopic (exact) mass is 374 g/mol. The number of benzene rings is 2. The molecule has 1 aliphatic carbocycles. The lowest BCUT2D eigenvalue weighted by Gasteiger charge is -2.12. The number of nitrogens with zero attached hydrogens (tertiary/aromatic N) is 2. The molecule has 0 bridgehead atoms. The smallest absolute Gasteiger partial charge is 0.240 e. The molecule has 3 rings (SSSR count). The third-order valence-electron chi connectivity index (χ3n) is 4.44. The Morgan fingerprint density at radius 1 is 1.12 bits per heavy atom. The Morgan fingerprint density at radius 3 is 2.42 bits per heavy atom. The second kappa shape index (κ2) is 7.43. The molecular formula is C18H22N4O3S. The predicted octanol–water partition coefficient (Wildman–Crippen LogP) is 3.92. The van der Waals surface area contributed by atoms with Crippen molar-refractivity contribution in [3.05, 3.63) is 42.0 Å². The number of nitrogens with one attached hydrogen (secondary N) is 1. The molecule has 0 amide bonds. The van der Waals surface area contributed by atoms with E-state index >= 15 is 0 Å². The summed E-state index contributed by atoms with van der Waals surface area (Å²) in [6.45, 7) is 1.74. The van der Waals surface area contributed by atoms with Crippen molar-refractivity contribution in [2.75, 3.05) is 5.73 Å².